The molecule has 1 aliphatic heterocycles. The van der Waals surface area contributed by atoms with E-state index in [1.807, 2.05) is 0 Å². The second kappa shape index (κ2) is 9.72. The fourth-order valence-corrected chi connectivity index (χ4v) is 5.94. The summed E-state index contributed by atoms with van der Waals surface area (Å²) in [5.41, 5.74) is 1.40. The van der Waals surface area contributed by atoms with Gasteiger partial charge in [0.1, 0.15) is 5.82 Å². The van der Waals surface area contributed by atoms with Gasteiger partial charge in [0.2, 0.25) is 10.0 Å². The number of hydrogen-bond acceptors (Lipinski definition) is 4. The molecule has 1 N–H and O–H groups in total. The van der Waals surface area contributed by atoms with Crippen molar-refractivity contribution in [2.24, 2.45) is 0 Å². The van der Waals surface area contributed by atoms with E-state index in [0.29, 0.717) is 47.9 Å². The van der Waals surface area contributed by atoms with Crippen molar-refractivity contribution in [3.8, 4) is 11.3 Å². The maximum absolute atomic E-state index is 13.5. The highest BCUT2D eigenvalue weighted by molar-refractivity contribution is 7.90. The number of carbonyl (C=O) groups is 1. The van der Waals surface area contributed by atoms with Gasteiger partial charge in [-0.3, -0.25) is 4.98 Å². The number of carbonyl (C=O) groups excluding carboxylic acids is 1. The molecule has 2 heterocycles. The van der Waals surface area contributed by atoms with Gasteiger partial charge in [0.15, 0.2) is 0 Å². The van der Waals surface area contributed by atoms with Crippen LogP contribution < -0.4 is 5.32 Å². The molecule has 1 aliphatic carbocycles. The molecule has 2 aromatic rings. The second-order valence-corrected chi connectivity index (χ2v) is 10.6. The van der Waals surface area contributed by atoms with Crippen molar-refractivity contribution >= 4 is 33.3 Å². The Morgan fingerprint density at radius 1 is 1.22 bits per heavy atom. The Morgan fingerprint density at radius 3 is 2.50 bits per heavy atom. The van der Waals surface area contributed by atoms with E-state index in [2.05, 4.69) is 10.3 Å². The number of hydrogen-bond donors (Lipinski definition) is 1. The van der Waals surface area contributed by atoms with Crippen molar-refractivity contribution in [3.05, 3.63) is 47.4 Å². The fraction of sp³-hybridized carbons (Fsp3) is 0.455. The highest BCUT2D eigenvalue weighted by Crippen LogP contribution is 2.33. The average molecular weight is 483 g/mol. The molecule has 174 valence electrons. The summed E-state index contributed by atoms with van der Waals surface area (Å²) in [5.74, 6) is -0.384. The van der Waals surface area contributed by atoms with Gasteiger partial charge in [0, 0.05) is 31.7 Å². The largest absolute Gasteiger partial charge is 0.325 e. The van der Waals surface area contributed by atoms with E-state index in [1.54, 1.807) is 34.5 Å². The summed E-state index contributed by atoms with van der Waals surface area (Å²) in [6.07, 6.45) is 4.15. The lowest BCUT2D eigenvalue weighted by molar-refractivity contribution is 0.174. The number of piperidine rings is 1. The van der Waals surface area contributed by atoms with Crippen molar-refractivity contribution in [3.63, 3.8) is 0 Å². The van der Waals surface area contributed by atoms with Crippen LogP contribution in [0.1, 0.15) is 33.1 Å². The Kier molecular flexibility index (Phi) is 7.42. The van der Waals surface area contributed by atoms with E-state index < -0.39 is 10.0 Å². The summed E-state index contributed by atoms with van der Waals surface area (Å²) >= 11 is 6.31. The quantitative estimate of drug-likeness (QED) is 0.675. The zero-order valence-corrected chi connectivity index (χ0v) is 18.7. The minimum atomic E-state index is -3.17. The maximum atomic E-state index is 13.5. The molecule has 10 heteroatoms. The number of urea groups is 1. The van der Waals surface area contributed by atoms with Gasteiger partial charge in [0.25, 0.3) is 0 Å². The first-order chi connectivity index (χ1) is 14.8. The third kappa shape index (κ3) is 5.22. The molecule has 2 amide bonds. The highest BCUT2D eigenvalue weighted by Gasteiger charge is 2.41. The molecule has 0 bridgehead atoms. The van der Waals surface area contributed by atoms with Crippen LogP contribution in [-0.2, 0) is 10.0 Å². The predicted molar refractivity (Wildman–Crippen MR) is 125 cm³/mol. The Bertz CT molecular complexity index is 1090. The van der Waals surface area contributed by atoms with Gasteiger partial charge in [-0.1, -0.05) is 31.2 Å². The molecule has 7 nitrogen and oxygen atoms in total. The normalized spacial score (nSPS) is 17.5. The van der Waals surface area contributed by atoms with Crippen molar-refractivity contribution in [1.29, 1.82) is 0 Å². The smallest absolute Gasteiger partial charge is 0.321 e. The molecule has 1 saturated heterocycles. The number of benzene rings is 1. The number of pyridine rings is 1. The molecule has 4 rings (SSSR count). The van der Waals surface area contributed by atoms with Gasteiger partial charge in [-0.05, 0) is 43.9 Å². The van der Waals surface area contributed by atoms with Crippen molar-refractivity contribution in [2.75, 3.05) is 25.5 Å². The van der Waals surface area contributed by atoms with Gasteiger partial charge < -0.3 is 10.2 Å². The molecule has 1 aromatic heterocycles. The summed E-state index contributed by atoms with van der Waals surface area (Å²) in [6, 6.07) is 7.17. The first-order valence-electron chi connectivity index (χ1n) is 10.2. The predicted octanol–water partition coefficient (Wildman–Crippen LogP) is 4.60. The number of nitrogens with zero attached hydrogens (tertiary/aromatic N) is 3. The van der Waals surface area contributed by atoms with Crippen LogP contribution in [0.5, 0.6) is 0 Å². The van der Waals surface area contributed by atoms with Crippen molar-refractivity contribution in [2.45, 2.75) is 44.4 Å². The molecule has 1 aromatic carbocycles. The van der Waals surface area contributed by atoms with Gasteiger partial charge in [-0.2, -0.15) is 0 Å². The minimum Gasteiger partial charge on any atom is -0.325 e. The van der Waals surface area contributed by atoms with Crippen LogP contribution >= 0.6 is 11.6 Å². The summed E-state index contributed by atoms with van der Waals surface area (Å²) in [4.78, 5) is 18.5. The molecule has 0 spiro atoms. The summed E-state index contributed by atoms with van der Waals surface area (Å²) in [5, 5.41) is 2.86. The molecule has 2 fully saturated rings. The summed E-state index contributed by atoms with van der Waals surface area (Å²) in [6.45, 7) is 0.855. The van der Waals surface area contributed by atoms with E-state index in [-0.39, 0.29) is 30.6 Å². The SMILES string of the molecule is C.CN(C(=O)Nc1cnc(-c2cccc(F)c2)c(Cl)c1)C1CCN(S(=O)(=O)C2CC2)CC1. The Balaban J connectivity index is 0.00000289. The Hall–Kier alpha value is -2.23. The zero-order chi connectivity index (χ0) is 22.2. The number of aromatic nitrogens is 1. The molecule has 2 aliphatic rings. The van der Waals surface area contributed by atoms with E-state index in [4.69, 9.17) is 11.6 Å². The van der Waals surface area contributed by atoms with Crippen LogP contribution in [0, 0.1) is 5.82 Å². The van der Waals surface area contributed by atoms with Crippen LogP contribution in [0.4, 0.5) is 14.9 Å². The number of sulfonamides is 1. The van der Waals surface area contributed by atoms with Crippen LogP contribution in [0.15, 0.2) is 36.5 Å². The van der Waals surface area contributed by atoms with Crippen LogP contribution in [-0.4, -0.2) is 60.1 Å². The molecule has 32 heavy (non-hydrogen) atoms. The van der Waals surface area contributed by atoms with Crippen molar-refractivity contribution < 1.29 is 17.6 Å². The first kappa shape index (κ1) is 24.4. The van der Waals surface area contributed by atoms with Gasteiger partial charge in [-0.25, -0.2) is 21.9 Å². The lowest BCUT2D eigenvalue weighted by atomic mass is 10.1. The highest BCUT2D eigenvalue weighted by atomic mass is 35.5. The minimum absolute atomic E-state index is 0. The first-order valence-corrected chi connectivity index (χ1v) is 12.1. The van der Waals surface area contributed by atoms with E-state index in [0.717, 1.165) is 12.8 Å². The Labute approximate surface area is 193 Å². The number of halogens is 2. The number of amides is 2. The van der Waals surface area contributed by atoms with Crippen LogP contribution in [0.25, 0.3) is 11.3 Å². The van der Waals surface area contributed by atoms with Gasteiger partial charge >= 0.3 is 6.03 Å². The molecule has 0 radical (unpaired) electrons. The number of nitrogens with one attached hydrogen (secondary N) is 1. The van der Waals surface area contributed by atoms with E-state index in [9.17, 15) is 17.6 Å². The molecular weight excluding hydrogens is 455 g/mol. The second-order valence-electron chi connectivity index (χ2n) is 7.98. The molecule has 1 saturated carbocycles. The van der Waals surface area contributed by atoms with Crippen molar-refractivity contribution in [1.82, 2.24) is 14.2 Å². The lowest BCUT2D eigenvalue weighted by Crippen LogP contribution is -2.48. The third-order valence-corrected chi connectivity index (χ3v) is 8.47. The zero-order valence-electron chi connectivity index (χ0n) is 17.1. The number of rotatable bonds is 5. The third-order valence-electron chi connectivity index (χ3n) is 5.79. The average Bonchev–Trinajstić information content (AvgIpc) is 3.59. The Morgan fingerprint density at radius 2 is 1.91 bits per heavy atom. The van der Waals surface area contributed by atoms with Crippen LogP contribution in [0.2, 0.25) is 5.02 Å². The van der Waals surface area contributed by atoms with E-state index in [1.165, 1.54) is 18.3 Å². The summed E-state index contributed by atoms with van der Waals surface area (Å²) in [7, 11) is -1.48. The topological polar surface area (TPSA) is 82.6 Å². The molecule has 0 atom stereocenters. The van der Waals surface area contributed by atoms with E-state index >= 15 is 0 Å². The standard InChI is InChI=1S/C21H24ClFN4O3S.CH4/c1-26(17-7-9-27(10-8-17)31(29,30)18-5-6-18)21(28)25-16-12-19(22)20(24-13-16)14-3-2-4-15(23)11-14;/h2-4,11-13,17-18H,5-10H2,1H3,(H,25,28);1H4. The maximum Gasteiger partial charge on any atom is 0.321 e. The fourth-order valence-electron chi connectivity index (χ4n) is 3.79. The monoisotopic (exact) mass is 482 g/mol. The summed E-state index contributed by atoms with van der Waals surface area (Å²) < 4.78 is 39.8. The van der Waals surface area contributed by atoms with Gasteiger partial charge in [-0.15, -0.1) is 0 Å². The molecule has 0 unspecified atom stereocenters. The van der Waals surface area contributed by atoms with Gasteiger partial charge in [0.05, 0.1) is 27.9 Å². The number of anilines is 1. The van der Waals surface area contributed by atoms with Crippen LogP contribution in [0.3, 0.4) is 0 Å². The lowest BCUT2D eigenvalue weighted by Gasteiger charge is -2.36. The molecular formula is C22H28ClFN4O3S.